The molecule has 0 radical (unpaired) electrons. The van der Waals surface area contributed by atoms with Crippen molar-refractivity contribution in [1.82, 2.24) is 4.98 Å². The lowest BCUT2D eigenvalue weighted by Gasteiger charge is -2.34. The Bertz CT molecular complexity index is 588. The van der Waals surface area contributed by atoms with Crippen LogP contribution in [0.25, 0.3) is 10.4 Å². The van der Waals surface area contributed by atoms with Crippen LogP contribution in [0.1, 0.15) is 42.8 Å². The van der Waals surface area contributed by atoms with Crippen LogP contribution in [-0.4, -0.2) is 12.1 Å². The van der Waals surface area contributed by atoms with E-state index in [1.54, 1.807) is 11.3 Å². The molecular formula is C17H22N2OS. The number of aromatic nitrogens is 1. The van der Waals surface area contributed by atoms with Gasteiger partial charge in [-0.1, -0.05) is 49.6 Å². The third-order valence-electron chi connectivity index (χ3n) is 4.37. The third-order valence-corrected chi connectivity index (χ3v) is 5.70. The minimum Gasteiger partial charge on any atom is -0.371 e. The zero-order valence-corrected chi connectivity index (χ0v) is 13.3. The minimum absolute atomic E-state index is 0.195. The molecule has 1 aliphatic rings. The highest BCUT2D eigenvalue weighted by Crippen LogP contribution is 2.44. The molecule has 112 valence electrons. The van der Waals surface area contributed by atoms with Gasteiger partial charge in [0.15, 0.2) is 0 Å². The summed E-state index contributed by atoms with van der Waals surface area (Å²) in [5.41, 5.74) is 7.91. The van der Waals surface area contributed by atoms with Crippen molar-refractivity contribution in [3.63, 3.8) is 0 Å². The lowest BCUT2D eigenvalue weighted by molar-refractivity contribution is -0.0447. The molecule has 0 aliphatic heterocycles. The third kappa shape index (κ3) is 2.76. The van der Waals surface area contributed by atoms with E-state index in [1.807, 2.05) is 13.2 Å². The van der Waals surface area contributed by atoms with Gasteiger partial charge in [-0.3, -0.25) is 0 Å². The summed E-state index contributed by atoms with van der Waals surface area (Å²) in [6.07, 6.45) is 5.86. The van der Waals surface area contributed by atoms with E-state index < -0.39 is 0 Å². The number of benzene rings is 1. The first-order valence-corrected chi connectivity index (χ1v) is 8.41. The first-order chi connectivity index (χ1) is 10.3. The summed E-state index contributed by atoms with van der Waals surface area (Å²) in [7, 11) is 1.82. The van der Waals surface area contributed by atoms with Gasteiger partial charge in [-0.2, -0.15) is 0 Å². The van der Waals surface area contributed by atoms with Gasteiger partial charge in [-0.05, 0) is 18.4 Å². The molecule has 3 nitrogen and oxygen atoms in total. The number of methoxy groups -OCH3 is 1. The summed E-state index contributed by atoms with van der Waals surface area (Å²) in [4.78, 5) is 6.03. The molecule has 1 fully saturated rings. The Labute approximate surface area is 130 Å². The van der Waals surface area contributed by atoms with Crippen molar-refractivity contribution >= 4 is 11.3 Å². The highest BCUT2D eigenvalue weighted by Gasteiger charge is 2.37. The minimum atomic E-state index is -0.195. The predicted octanol–water partition coefficient (Wildman–Crippen LogP) is 4.07. The monoisotopic (exact) mass is 302 g/mol. The molecule has 3 rings (SSSR count). The van der Waals surface area contributed by atoms with Crippen LogP contribution >= 0.6 is 11.3 Å². The second kappa shape index (κ2) is 6.26. The van der Waals surface area contributed by atoms with Crippen LogP contribution in [0.4, 0.5) is 0 Å². The largest absolute Gasteiger partial charge is 0.371 e. The average molecular weight is 302 g/mol. The maximum atomic E-state index is 5.92. The van der Waals surface area contributed by atoms with Gasteiger partial charge in [0.2, 0.25) is 0 Å². The number of thiazole rings is 1. The van der Waals surface area contributed by atoms with Crippen molar-refractivity contribution in [3.05, 3.63) is 41.0 Å². The number of rotatable bonds is 4. The number of nitrogens with two attached hydrogens (primary N) is 1. The van der Waals surface area contributed by atoms with Gasteiger partial charge in [-0.25, -0.2) is 4.98 Å². The molecule has 0 saturated heterocycles. The summed E-state index contributed by atoms with van der Waals surface area (Å²) >= 11 is 1.75. The van der Waals surface area contributed by atoms with Gasteiger partial charge < -0.3 is 10.5 Å². The number of ether oxygens (including phenoxy) is 1. The van der Waals surface area contributed by atoms with E-state index in [0.29, 0.717) is 6.54 Å². The lowest BCUT2D eigenvalue weighted by Crippen LogP contribution is -2.31. The van der Waals surface area contributed by atoms with Gasteiger partial charge >= 0.3 is 0 Å². The molecule has 0 atom stereocenters. The van der Waals surface area contributed by atoms with E-state index >= 15 is 0 Å². The fourth-order valence-electron chi connectivity index (χ4n) is 3.13. The van der Waals surface area contributed by atoms with Crippen molar-refractivity contribution in [3.8, 4) is 10.4 Å². The second-order valence-corrected chi connectivity index (χ2v) is 6.62. The standard InChI is InChI=1S/C17H22N2OS/c1-20-17(10-6-3-7-11-17)16-19-14(12-18)15(21-16)13-8-4-2-5-9-13/h2,4-5,8-9H,3,6-7,10-12,18H2,1H3. The van der Waals surface area contributed by atoms with E-state index in [2.05, 4.69) is 24.3 Å². The zero-order valence-electron chi connectivity index (χ0n) is 12.5. The molecule has 21 heavy (non-hydrogen) atoms. The van der Waals surface area contributed by atoms with Gasteiger partial charge in [0, 0.05) is 13.7 Å². The Morgan fingerprint density at radius 3 is 2.52 bits per heavy atom. The number of nitrogens with zero attached hydrogens (tertiary/aromatic N) is 1. The van der Waals surface area contributed by atoms with E-state index in [0.717, 1.165) is 23.5 Å². The number of hydrogen-bond acceptors (Lipinski definition) is 4. The highest BCUT2D eigenvalue weighted by atomic mass is 32.1. The lowest BCUT2D eigenvalue weighted by atomic mass is 9.85. The normalized spacial score (nSPS) is 17.8. The second-order valence-electron chi connectivity index (χ2n) is 5.62. The Morgan fingerprint density at radius 1 is 1.19 bits per heavy atom. The van der Waals surface area contributed by atoms with Gasteiger partial charge in [-0.15, -0.1) is 11.3 Å². The maximum absolute atomic E-state index is 5.92. The summed E-state index contributed by atoms with van der Waals surface area (Å²) < 4.78 is 5.92. The zero-order chi connectivity index (χ0) is 14.7. The predicted molar refractivity (Wildman–Crippen MR) is 87.2 cm³/mol. The fourth-order valence-corrected chi connectivity index (χ4v) is 4.45. The Kier molecular flexibility index (Phi) is 4.38. The Hall–Kier alpha value is -1.23. The van der Waals surface area contributed by atoms with Crippen molar-refractivity contribution in [2.75, 3.05) is 7.11 Å². The molecule has 1 aromatic heterocycles. The molecule has 0 amide bonds. The van der Waals surface area contributed by atoms with Crippen LogP contribution in [0.15, 0.2) is 30.3 Å². The number of hydrogen-bond donors (Lipinski definition) is 1. The van der Waals surface area contributed by atoms with Crippen molar-refractivity contribution < 1.29 is 4.74 Å². The smallest absolute Gasteiger partial charge is 0.126 e. The summed E-state index contributed by atoms with van der Waals surface area (Å²) in [6, 6.07) is 10.4. The molecule has 0 spiro atoms. The first kappa shape index (κ1) is 14.7. The maximum Gasteiger partial charge on any atom is 0.126 e. The topological polar surface area (TPSA) is 48.1 Å². The van der Waals surface area contributed by atoms with E-state index in [4.69, 9.17) is 15.5 Å². The van der Waals surface area contributed by atoms with Crippen LogP contribution in [-0.2, 0) is 16.9 Å². The van der Waals surface area contributed by atoms with Crippen molar-refractivity contribution in [2.24, 2.45) is 5.73 Å². The van der Waals surface area contributed by atoms with E-state index in [9.17, 15) is 0 Å². The van der Waals surface area contributed by atoms with Crippen LogP contribution in [0.2, 0.25) is 0 Å². The quantitative estimate of drug-likeness (QED) is 0.926. The first-order valence-electron chi connectivity index (χ1n) is 7.60. The molecule has 2 aromatic rings. The van der Waals surface area contributed by atoms with Crippen LogP contribution in [0.5, 0.6) is 0 Å². The molecule has 1 saturated carbocycles. The SMILES string of the molecule is COC1(c2nc(CN)c(-c3ccccc3)s2)CCCCC1. The van der Waals surface area contributed by atoms with Gasteiger partial charge in [0.05, 0.1) is 10.6 Å². The Morgan fingerprint density at radius 2 is 1.90 bits per heavy atom. The molecule has 4 heteroatoms. The van der Waals surface area contributed by atoms with E-state index in [-0.39, 0.29) is 5.60 Å². The fraction of sp³-hybridized carbons (Fsp3) is 0.471. The summed E-state index contributed by atoms with van der Waals surface area (Å²) in [5, 5.41) is 1.10. The van der Waals surface area contributed by atoms with Crippen molar-refractivity contribution in [1.29, 1.82) is 0 Å². The van der Waals surface area contributed by atoms with Gasteiger partial charge in [0.25, 0.3) is 0 Å². The molecule has 1 aromatic carbocycles. The van der Waals surface area contributed by atoms with Crippen molar-refractivity contribution in [2.45, 2.75) is 44.2 Å². The van der Waals surface area contributed by atoms with E-state index in [1.165, 1.54) is 29.7 Å². The van der Waals surface area contributed by atoms with Crippen LogP contribution in [0.3, 0.4) is 0 Å². The van der Waals surface area contributed by atoms with Crippen LogP contribution in [0, 0.1) is 0 Å². The molecular weight excluding hydrogens is 280 g/mol. The average Bonchev–Trinajstić information content (AvgIpc) is 3.01. The Balaban J connectivity index is 2.03. The van der Waals surface area contributed by atoms with Gasteiger partial charge in [0.1, 0.15) is 10.6 Å². The van der Waals surface area contributed by atoms with Crippen LogP contribution < -0.4 is 5.73 Å². The molecule has 2 N–H and O–H groups in total. The molecule has 1 aliphatic carbocycles. The summed E-state index contributed by atoms with van der Waals surface area (Å²) in [6.45, 7) is 0.473. The summed E-state index contributed by atoms with van der Waals surface area (Å²) in [5.74, 6) is 0. The molecule has 1 heterocycles. The molecule has 0 unspecified atom stereocenters. The highest BCUT2D eigenvalue weighted by molar-refractivity contribution is 7.15. The molecule has 0 bridgehead atoms.